The summed E-state index contributed by atoms with van der Waals surface area (Å²) in [5.74, 6) is 0.488. The third-order valence-electron chi connectivity index (χ3n) is 4.47. The van der Waals surface area contributed by atoms with E-state index in [0.29, 0.717) is 22.2 Å². The van der Waals surface area contributed by atoms with E-state index in [2.05, 4.69) is 9.97 Å². The molecule has 1 saturated carbocycles. The van der Waals surface area contributed by atoms with E-state index in [1.54, 1.807) is 17.8 Å². The van der Waals surface area contributed by atoms with Gasteiger partial charge in [0, 0.05) is 5.25 Å². The number of carbonyl (C=O) groups is 1. The quantitative estimate of drug-likeness (QED) is 0.899. The zero-order chi connectivity index (χ0) is 16.4. The van der Waals surface area contributed by atoms with Crippen LogP contribution in [0.2, 0.25) is 0 Å². The first-order valence-electron chi connectivity index (χ1n) is 7.87. The molecule has 23 heavy (non-hydrogen) atoms. The molecule has 0 spiro atoms. The van der Waals surface area contributed by atoms with E-state index < -0.39 is 5.97 Å². The lowest BCUT2D eigenvalue weighted by Crippen LogP contribution is -2.22. The van der Waals surface area contributed by atoms with Gasteiger partial charge in [-0.3, -0.25) is 9.59 Å². The first kappa shape index (κ1) is 16.1. The van der Waals surface area contributed by atoms with Gasteiger partial charge in [-0.1, -0.05) is 12.1 Å². The van der Waals surface area contributed by atoms with Crippen molar-refractivity contribution in [3.05, 3.63) is 39.9 Å². The highest BCUT2D eigenvalue weighted by atomic mass is 32.2. The number of aliphatic carboxylic acids is 1. The van der Waals surface area contributed by atoms with Gasteiger partial charge in [0.2, 0.25) is 0 Å². The Morgan fingerprint density at radius 2 is 2.09 bits per heavy atom. The maximum absolute atomic E-state index is 12.2. The number of aryl methyl sites for hydroxylation is 1. The first-order chi connectivity index (χ1) is 11.0. The summed E-state index contributed by atoms with van der Waals surface area (Å²) < 4.78 is 0. The molecule has 6 heteroatoms. The van der Waals surface area contributed by atoms with Crippen LogP contribution in [0.5, 0.6) is 0 Å². The van der Waals surface area contributed by atoms with Crippen LogP contribution in [0, 0.1) is 12.8 Å². The van der Waals surface area contributed by atoms with Crippen LogP contribution >= 0.6 is 11.8 Å². The molecule has 1 aliphatic rings. The van der Waals surface area contributed by atoms with Crippen molar-refractivity contribution in [3.63, 3.8) is 0 Å². The van der Waals surface area contributed by atoms with E-state index in [4.69, 9.17) is 5.11 Å². The summed E-state index contributed by atoms with van der Waals surface area (Å²) in [6.07, 6.45) is 3.32. The maximum Gasteiger partial charge on any atom is 0.306 e. The maximum atomic E-state index is 12.2. The number of hydrogen-bond donors (Lipinski definition) is 2. The number of carboxylic acid groups (broad SMARTS) is 1. The minimum Gasteiger partial charge on any atom is -0.481 e. The van der Waals surface area contributed by atoms with Crippen LogP contribution in [0.25, 0.3) is 10.9 Å². The second-order valence-electron chi connectivity index (χ2n) is 6.11. The number of carboxylic acids is 1. The van der Waals surface area contributed by atoms with E-state index in [9.17, 15) is 9.59 Å². The molecule has 0 saturated heterocycles. The molecule has 0 amide bonds. The molecule has 2 N–H and O–H groups in total. The second-order valence-corrected chi connectivity index (χ2v) is 7.40. The number of para-hydroxylation sites is 1. The number of aromatic amines is 1. The standard InChI is InChI=1S/C17H20N2O3S/c1-10-3-2-4-13-15(10)18-14(19-16(13)20)9-23-12-7-5-11(6-8-12)17(21)22/h2-4,11-12H,5-9H2,1H3,(H,21,22)(H,18,19,20)/t11-,12-. The fraction of sp³-hybridized carbons (Fsp3) is 0.471. The van der Waals surface area contributed by atoms with Crippen LogP contribution in [-0.4, -0.2) is 26.3 Å². The Kier molecular flexibility index (Phi) is 4.71. The summed E-state index contributed by atoms with van der Waals surface area (Å²) in [5.41, 5.74) is 1.67. The van der Waals surface area contributed by atoms with Crippen molar-refractivity contribution in [2.24, 2.45) is 5.92 Å². The Morgan fingerprint density at radius 1 is 1.35 bits per heavy atom. The van der Waals surface area contributed by atoms with Gasteiger partial charge < -0.3 is 10.1 Å². The minimum absolute atomic E-state index is 0.0936. The number of rotatable bonds is 4. The van der Waals surface area contributed by atoms with Gasteiger partial charge in [-0.2, -0.15) is 11.8 Å². The predicted molar refractivity (Wildman–Crippen MR) is 91.8 cm³/mol. The number of nitrogens with zero attached hydrogens (tertiary/aromatic N) is 1. The number of H-pyrrole nitrogens is 1. The Morgan fingerprint density at radius 3 is 2.78 bits per heavy atom. The van der Waals surface area contributed by atoms with Gasteiger partial charge in [-0.05, 0) is 44.2 Å². The molecule has 1 fully saturated rings. The second kappa shape index (κ2) is 6.74. The highest BCUT2D eigenvalue weighted by molar-refractivity contribution is 7.99. The summed E-state index contributed by atoms with van der Waals surface area (Å²) in [5, 5.41) is 10.1. The zero-order valence-electron chi connectivity index (χ0n) is 13.0. The highest BCUT2D eigenvalue weighted by Crippen LogP contribution is 2.33. The normalized spacial score (nSPS) is 21.4. The van der Waals surface area contributed by atoms with E-state index >= 15 is 0 Å². The largest absolute Gasteiger partial charge is 0.481 e. The predicted octanol–water partition coefficient (Wildman–Crippen LogP) is 3.11. The molecule has 0 unspecified atom stereocenters. The molecule has 2 aromatic rings. The third kappa shape index (κ3) is 3.58. The molecule has 1 aromatic carbocycles. The van der Waals surface area contributed by atoms with Gasteiger partial charge in [-0.15, -0.1) is 0 Å². The molecule has 122 valence electrons. The number of hydrogen-bond acceptors (Lipinski definition) is 4. The van der Waals surface area contributed by atoms with Crippen LogP contribution in [0.4, 0.5) is 0 Å². The van der Waals surface area contributed by atoms with Crippen molar-refractivity contribution < 1.29 is 9.90 Å². The van der Waals surface area contributed by atoms with Crippen molar-refractivity contribution in [1.29, 1.82) is 0 Å². The molecule has 1 heterocycles. The molecular formula is C17H20N2O3S. The van der Waals surface area contributed by atoms with Crippen LogP contribution in [-0.2, 0) is 10.5 Å². The molecule has 5 nitrogen and oxygen atoms in total. The minimum atomic E-state index is -0.676. The summed E-state index contributed by atoms with van der Waals surface area (Å²) in [7, 11) is 0. The Bertz CT molecular complexity index is 779. The van der Waals surface area contributed by atoms with Crippen LogP contribution < -0.4 is 5.56 Å². The van der Waals surface area contributed by atoms with Crippen molar-refractivity contribution in [1.82, 2.24) is 9.97 Å². The summed E-state index contributed by atoms with van der Waals surface area (Å²) >= 11 is 1.76. The Labute approximate surface area is 138 Å². The monoisotopic (exact) mass is 332 g/mol. The lowest BCUT2D eigenvalue weighted by Gasteiger charge is -2.25. The van der Waals surface area contributed by atoms with Crippen molar-refractivity contribution in [2.75, 3.05) is 0 Å². The van der Waals surface area contributed by atoms with Crippen LogP contribution in [0.3, 0.4) is 0 Å². The van der Waals surface area contributed by atoms with E-state index in [1.807, 2.05) is 19.1 Å². The molecular weight excluding hydrogens is 312 g/mol. The van der Waals surface area contributed by atoms with E-state index in [0.717, 1.165) is 36.8 Å². The average Bonchev–Trinajstić information content (AvgIpc) is 2.54. The number of nitrogens with one attached hydrogen (secondary N) is 1. The third-order valence-corrected chi connectivity index (χ3v) is 5.85. The van der Waals surface area contributed by atoms with Gasteiger partial charge in [0.05, 0.1) is 22.6 Å². The molecule has 1 aromatic heterocycles. The van der Waals surface area contributed by atoms with Crippen LogP contribution in [0.1, 0.15) is 37.1 Å². The van der Waals surface area contributed by atoms with Gasteiger partial charge in [-0.25, -0.2) is 4.98 Å². The SMILES string of the molecule is Cc1cccc2c(=O)[nH]c(CS[C@H]3CC[C@H](C(=O)O)CC3)nc12. The summed E-state index contributed by atoms with van der Waals surface area (Å²) in [6, 6.07) is 5.61. The number of benzene rings is 1. The van der Waals surface area contributed by atoms with Gasteiger partial charge in [0.15, 0.2) is 0 Å². The Balaban J connectivity index is 1.67. The summed E-state index contributed by atoms with van der Waals surface area (Å²) in [4.78, 5) is 30.6. The van der Waals surface area contributed by atoms with Gasteiger partial charge in [0.1, 0.15) is 5.82 Å². The fourth-order valence-corrected chi connectivity index (χ4v) is 4.23. The average molecular weight is 332 g/mol. The van der Waals surface area contributed by atoms with Crippen molar-refractivity contribution in [2.45, 2.75) is 43.6 Å². The molecule has 0 aliphatic heterocycles. The molecule has 0 radical (unpaired) electrons. The number of aromatic nitrogens is 2. The number of thioether (sulfide) groups is 1. The smallest absolute Gasteiger partial charge is 0.306 e. The van der Waals surface area contributed by atoms with E-state index in [1.165, 1.54) is 0 Å². The van der Waals surface area contributed by atoms with Crippen molar-refractivity contribution >= 4 is 28.6 Å². The first-order valence-corrected chi connectivity index (χ1v) is 8.92. The lowest BCUT2D eigenvalue weighted by molar-refractivity contribution is -0.142. The topological polar surface area (TPSA) is 83.0 Å². The van der Waals surface area contributed by atoms with Crippen LogP contribution in [0.15, 0.2) is 23.0 Å². The molecule has 0 bridgehead atoms. The number of fused-ring (bicyclic) bond motifs is 1. The summed E-state index contributed by atoms with van der Waals surface area (Å²) in [6.45, 7) is 1.96. The molecule has 0 atom stereocenters. The zero-order valence-corrected chi connectivity index (χ0v) is 13.9. The molecule has 1 aliphatic carbocycles. The molecule has 3 rings (SSSR count). The highest BCUT2D eigenvalue weighted by Gasteiger charge is 2.26. The Hall–Kier alpha value is -1.82. The van der Waals surface area contributed by atoms with Crippen molar-refractivity contribution in [3.8, 4) is 0 Å². The lowest BCUT2D eigenvalue weighted by atomic mass is 9.89. The van der Waals surface area contributed by atoms with E-state index in [-0.39, 0.29) is 11.5 Å². The fourth-order valence-electron chi connectivity index (χ4n) is 3.09. The van der Waals surface area contributed by atoms with Gasteiger partial charge >= 0.3 is 5.97 Å². The van der Waals surface area contributed by atoms with Gasteiger partial charge in [0.25, 0.3) is 5.56 Å².